The van der Waals surface area contributed by atoms with E-state index in [1.54, 1.807) is 13.0 Å². The summed E-state index contributed by atoms with van der Waals surface area (Å²) < 4.78 is 4.89. The highest BCUT2D eigenvalue weighted by Crippen LogP contribution is 2.30. The fourth-order valence-electron chi connectivity index (χ4n) is 2.54. The van der Waals surface area contributed by atoms with Crippen molar-refractivity contribution in [1.82, 2.24) is 10.5 Å². The molecule has 1 fully saturated rings. The predicted molar refractivity (Wildman–Crippen MR) is 69.7 cm³/mol. The van der Waals surface area contributed by atoms with Crippen LogP contribution in [-0.4, -0.2) is 23.5 Å². The highest BCUT2D eigenvalue weighted by Gasteiger charge is 2.25. The molecule has 1 aromatic rings. The molecule has 1 N–H and O–H groups in total. The van der Waals surface area contributed by atoms with Gasteiger partial charge in [0.1, 0.15) is 5.76 Å². The van der Waals surface area contributed by atoms with E-state index < -0.39 is 0 Å². The Morgan fingerprint density at radius 1 is 1.50 bits per heavy atom. The van der Waals surface area contributed by atoms with Gasteiger partial charge < -0.3 is 9.84 Å². The van der Waals surface area contributed by atoms with Crippen molar-refractivity contribution in [1.29, 1.82) is 0 Å². The van der Waals surface area contributed by atoms with E-state index in [-0.39, 0.29) is 5.91 Å². The number of aromatic nitrogens is 1. The monoisotopic (exact) mass is 270 g/mol. The Kier molecular flexibility index (Phi) is 4.64. The van der Waals surface area contributed by atoms with Gasteiger partial charge in [-0.05, 0) is 31.6 Å². The number of carbonyl (C=O) groups is 1. The molecule has 1 aliphatic carbocycles. The van der Waals surface area contributed by atoms with Crippen LogP contribution >= 0.6 is 11.6 Å². The van der Waals surface area contributed by atoms with Crippen LogP contribution in [0, 0.1) is 18.8 Å². The molecule has 0 radical (unpaired) electrons. The third-order valence-corrected chi connectivity index (χ3v) is 4.05. The number of amides is 1. The highest BCUT2D eigenvalue weighted by atomic mass is 35.5. The van der Waals surface area contributed by atoms with Crippen LogP contribution < -0.4 is 5.32 Å². The van der Waals surface area contributed by atoms with E-state index in [1.165, 1.54) is 19.3 Å². The summed E-state index contributed by atoms with van der Waals surface area (Å²) in [6.07, 6.45) is 4.81. The zero-order chi connectivity index (χ0) is 13.0. The van der Waals surface area contributed by atoms with E-state index in [2.05, 4.69) is 10.5 Å². The molecular weight excluding hydrogens is 252 g/mol. The van der Waals surface area contributed by atoms with Crippen LogP contribution in [-0.2, 0) is 0 Å². The second-order valence-electron chi connectivity index (χ2n) is 4.99. The number of halogens is 1. The summed E-state index contributed by atoms with van der Waals surface area (Å²) in [6, 6.07) is 1.65. The lowest BCUT2D eigenvalue weighted by atomic mass is 9.80. The first-order chi connectivity index (χ1) is 8.70. The topological polar surface area (TPSA) is 55.1 Å². The maximum Gasteiger partial charge on any atom is 0.273 e. The molecule has 2 rings (SSSR count). The maximum atomic E-state index is 11.8. The molecule has 5 heteroatoms. The van der Waals surface area contributed by atoms with Gasteiger partial charge in [-0.2, -0.15) is 0 Å². The minimum Gasteiger partial charge on any atom is -0.361 e. The van der Waals surface area contributed by atoms with Crippen molar-refractivity contribution in [2.45, 2.75) is 32.6 Å². The molecule has 0 aliphatic heterocycles. The molecule has 1 aromatic heterocycles. The molecule has 1 amide bonds. The first-order valence-electron chi connectivity index (χ1n) is 6.48. The molecule has 2 atom stereocenters. The first-order valence-corrected chi connectivity index (χ1v) is 7.01. The van der Waals surface area contributed by atoms with Crippen molar-refractivity contribution in [2.24, 2.45) is 11.8 Å². The third kappa shape index (κ3) is 3.25. The highest BCUT2D eigenvalue weighted by molar-refractivity contribution is 6.18. The standard InChI is InChI=1S/C13H19ClN2O2/c1-9-6-12(16-18-9)13(17)15-8-11-5-3-2-4-10(11)7-14/h6,10-11H,2-5,7-8H2,1H3,(H,15,17). The number of rotatable bonds is 4. The average Bonchev–Trinajstić information content (AvgIpc) is 2.83. The molecule has 0 bridgehead atoms. The van der Waals surface area contributed by atoms with Gasteiger partial charge in [-0.15, -0.1) is 11.6 Å². The second-order valence-corrected chi connectivity index (χ2v) is 5.30. The predicted octanol–water partition coefficient (Wildman–Crippen LogP) is 2.76. The van der Waals surface area contributed by atoms with E-state index in [0.717, 1.165) is 6.42 Å². The van der Waals surface area contributed by atoms with Gasteiger partial charge in [0.2, 0.25) is 0 Å². The van der Waals surface area contributed by atoms with Crippen LogP contribution in [0.25, 0.3) is 0 Å². The fraction of sp³-hybridized carbons (Fsp3) is 0.692. The molecule has 1 heterocycles. The number of alkyl halides is 1. The van der Waals surface area contributed by atoms with Crippen LogP contribution in [0.3, 0.4) is 0 Å². The number of nitrogens with zero attached hydrogens (tertiary/aromatic N) is 1. The molecule has 100 valence electrons. The number of aryl methyl sites for hydroxylation is 1. The average molecular weight is 271 g/mol. The van der Waals surface area contributed by atoms with Gasteiger partial charge in [0, 0.05) is 18.5 Å². The zero-order valence-electron chi connectivity index (χ0n) is 10.6. The van der Waals surface area contributed by atoms with E-state index >= 15 is 0 Å². The van der Waals surface area contributed by atoms with Crippen molar-refractivity contribution in [2.75, 3.05) is 12.4 Å². The Morgan fingerprint density at radius 2 is 2.22 bits per heavy atom. The van der Waals surface area contributed by atoms with Crippen molar-refractivity contribution in [3.05, 3.63) is 17.5 Å². The van der Waals surface area contributed by atoms with Crippen LogP contribution in [0.15, 0.2) is 10.6 Å². The van der Waals surface area contributed by atoms with E-state index in [4.69, 9.17) is 16.1 Å². The molecule has 0 spiro atoms. The lowest BCUT2D eigenvalue weighted by Gasteiger charge is -2.30. The maximum absolute atomic E-state index is 11.8. The number of hydrogen-bond acceptors (Lipinski definition) is 3. The molecule has 1 aliphatic rings. The summed E-state index contributed by atoms with van der Waals surface area (Å²) in [7, 11) is 0. The van der Waals surface area contributed by atoms with Gasteiger partial charge in [-0.25, -0.2) is 0 Å². The van der Waals surface area contributed by atoms with Crippen molar-refractivity contribution >= 4 is 17.5 Å². The lowest BCUT2D eigenvalue weighted by molar-refractivity contribution is 0.0927. The third-order valence-electron chi connectivity index (χ3n) is 3.65. The molecule has 1 saturated carbocycles. The molecule has 0 aromatic carbocycles. The van der Waals surface area contributed by atoms with Gasteiger partial charge in [0.25, 0.3) is 5.91 Å². The molecule has 4 nitrogen and oxygen atoms in total. The van der Waals surface area contributed by atoms with Gasteiger partial charge in [-0.1, -0.05) is 18.0 Å². The Morgan fingerprint density at radius 3 is 2.83 bits per heavy atom. The van der Waals surface area contributed by atoms with E-state index in [9.17, 15) is 4.79 Å². The molecule has 0 saturated heterocycles. The van der Waals surface area contributed by atoms with Crippen LogP contribution in [0.4, 0.5) is 0 Å². The van der Waals surface area contributed by atoms with Gasteiger partial charge in [-0.3, -0.25) is 4.79 Å². The van der Waals surface area contributed by atoms with Crippen LogP contribution in [0.1, 0.15) is 41.9 Å². The van der Waals surface area contributed by atoms with Crippen molar-refractivity contribution in [3.63, 3.8) is 0 Å². The zero-order valence-corrected chi connectivity index (χ0v) is 11.4. The second kappa shape index (κ2) is 6.23. The fourth-order valence-corrected chi connectivity index (χ4v) is 2.95. The van der Waals surface area contributed by atoms with Crippen molar-refractivity contribution in [3.8, 4) is 0 Å². The minimum atomic E-state index is -0.161. The van der Waals surface area contributed by atoms with Crippen LogP contribution in [0.2, 0.25) is 0 Å². The number of nitrogens with one attached hydrogen (secondary N) is 1. The van der Waals surface area contributed by atoms with E-state index in [0.29, 0.717) is 35.7 Å². The Hall–Kier alpha value is -1.03. The summed E-state index contributed by atoms with van der Waals surface area (Å²) in [4.78, 5) is 11.8. The summed E-state index contributed by atoms with van der Waals surface area (Å²) in [5, 5.41) is 6.63. The number of carbonyl (C=O) groups excluding carboxylic acids is 1. The van der Waals surface area contributed by atoms with Gasteiger partial charge >= 0.3 is 0 Å². The first kappa shape index (κ1) is 13.4. The molecule has 18 heavy (non-hydrogen) atoms. The summed E-state index contributed by atoms with van der Waals surface area (Å²) in [6.45, 7) is 2.45. The smallest absolute Gasteiger partial charge is 0.273 e. The number of hydrogen-bond donors (Lipinski definition) is 1. The van der Waals surface area contributed by atoms with Gasteiger partial charge in [0.05, 0.1) is 0 Å². The minimum absolute atomic E-state index is 0.161. The largest absolute Gasteiger partial charge is 0.361 e. The van der Waals surface area contributed by atoms with Crippen molar-refractivity contribution < 1.29 is 9.32 Å². The normalized spacial score (nSPS) is 23.9. The quantitative estimate of drug-likeness (QED) is 0.856. The Labute approximate surface area is 112 Å². The molecule has 2 unspecified atom stereocenters. The summed E-state index contributed by atoms with van der Waals surface area (Å²) >= 11 is 5.97. The Bertz CT molecular complexity index is 405. The molecular formula is C13H19ClN2O2. The summed E-state index contributed by atoms with van der Waals surface area (Å²) in [5.74, 6) is 2.19. The van der Waals surface area contributed by atoms with Gasteiger partial charge in [0.15, 0.2) is 5.69 Å². The lowest BCUT2D eigenvalue weighted by Crippen LogP contribution is -2.35. The van der Waals surface area contributed by atoms with Crippen LogP contribution in [0.5, 0.6) is 0 Å². The van der Waals surface area contributed by atoms with E-state index in [1.807, 2.05) is 0 Å². The Balaban J connectivity index is 1.85. The summed E-state index contributed by atoms with van der Waals surface area (Å²) in [5.41, 5.74) is 0.353. The SMILES string of the molecule is Cc1cc(C(=O)NCC2CCCCC2CCl)no1.